The van der Waals surface area contributed by atoms with Crippen LogP contribution in [0.5, 0.6) is 0 Å². The monoisotopic (exact) mass is 300 g/mol. The van der Waals surface area contributed by atoms with Crippen molar-refractivity contribution >= 4 is 21.9 Å². The number of nitrogens with one attached hydrogen (secondary N) is 2. The number of rotatable bonds is 4. The standard InChI is InChI=1S/C11H20N6O2S/c1-8-3-5-17(6-4-8)20(18,19)15-11-9(10(12)13)7-14-16(11)2/h7-8,15H,3-6H2,1-2H3,(H3,12,13). The maximum absolute atomic E-state index is 12.3. The summed E-state index contributed by atoms with van der Waals surface area (Å²) in [6.45, 7) is 3.12. The van der Waals surface area contributed by atoms with E-state index in [1.807, 2.05) is 0 Å². The summed E-state index contributed by atoms with van der Waals surface area (Å²) in [4.78, 5) is 0. The minimum Gasteiger partial charge on any atom is -0.384 e. The zero-order valence-electron chi connectivity index (χ0n) is 11.6. The fourth-order valence-corrected chi connectivity index (χ4v) is 3.47. The van der Waals surface area contributed by atoms with Crippen molar-refractivity contribution in [1.29, 1.82) is 5.41 Å². The molecule has 1 fully saturated rings. The Labute approximate surface area is 118 Å². The minimum atomic E-state index is -3.64. The molecule has 0 radical (unpaired) electrons. The van der Waals surface area contributed by atoms with Gasteiger partial charge >= 0.3 is 10.2 Å². The highest BCUT2D eigenvalue weighted by Crippen LogP contribution is 2.21. The van der Waals surface area contributed by atoms with Crippen molar-refractivity contribution in [2.75, 3.05) is 17.8 Å². The van der Waals surface area contributed by atoms with Gasteiger partial charge in [0.15, 0.2) is 0 Å². The molecule has 0 bridgehead atoms. The first-order chi connectivity index (χ1) is 9.31. The predicted octanol–water partition coefficient (Wildman–Crippen LogP) is 0.0928. The predicted molar refractivity (Wildman–Crippen MR) is 76.7 cm³/mol. The van der Waals surface area contributed by atoms with E-state index in [0.717, 1.165) is 12.8 Å². The molecule has 112 valence electrons. The largest absolute Gasteiger partial charge is 0.384 e. The van der Waals surface area contributed by atoms with E-state index in [4.69, 9.17) is 11.1 Å². The number of nitrogens with zero attached hydrogens (tertiary/aromatic N) is 3. The number of aryl methyl sites for hydroxylation is 1. The van der Waals surface area contributed by atoms with E-state index in [0.29, 0.717) is 19.0 Å². The molecular formula is C11H20N6O2S. The second-order valence-corrected chi connectivity index (χ2v) is 6.80. The number of amidine groups is 1. The number of aromatic nitrogens is 2. The highest BCUT2D eigenvalue weighted by molar-refractivity contribution is 7.90. The van der Waals surface area contributed by atoms with E-state index >= 15 is 0 Å². The van der Waals surface area contributed by atoms with Gasteiger partial charge in [-0.3, -0.25) is 14.8 Å². The Hall–Kier alpha value is -1.61. The fourth-order valence-electron chi connectivity index (χ4n) is 2.17. The molecule has 0 aromatic carbocycles. The number of nitrogen functional groups attached to an aromatic ring is 1. The first-order valence-electron chi connectivity index (χ1n) is 6.45. The van der Waals surface area contributed by atoms with Crippen molar-refractivity contribution in [3.8, 4) is 0 Å². The van der Waals surface area contributed by atoms with Gasteiger partial charge in [0.1, 0.15) is 11.7 Å². The first-order valence-corrected chi connectivity index (χ1v) is 7.89. The van der Waals surface area contributed by atoms with Crippen LogP contribution in [0, 0.1) is 11.3 Å². The highest BCUT2D eigenvalue weighted by Gasteiger charge is 2.28. The lowest BCUT2D eigenvalue weighted by Gasteiger charge is -2.29. The maximum Gasteiger partial charge on any atom is 0.302 e. The van der Waals surface area contributed by atoms with Crippen LogP contribution in [0.4, 0.5) is 5.82 Å². The molecule has 4 N–H and O–H groups in total. The summed E-state index contributed by atoms with van der Waals surface area (Å²) in [6, 6.07) is 0. The molecule has 20 heavy (non-hydrogen) atoms. The summed E-state index contributed by atoms with van der Waals surface area (Å²) in [5, 5.41) is 11.4. The highest BCUT2D eigenvalue weighted by atomic mass is 32.2. The number of piperidine rings is 1. The Morgan fingerprint density at radius 3 is 2.65 bits per heavy atom. The molecule has 0 spiro atoms. The van der Waals surface area contributed by atoms with E-state index in [1.165, 1.54) is 15.2 Å². The van der Waals surface area contributed by atoms with Gasteiger partial charge in [-0.15, -0.1) is 0 Å². The van der Waals surface area contributed by atoms with Crippen LogP contribution in [0.1, 0.15) is 25.3 Å². The summed E-state index contributed by atoms with van der Waals surface area (Å²) in [5.74, 6) is 0.546. The molecule has 1 aromatic heterocycles. The molecule has 0 atom stereocenters. The molecule has 1 aliphatic rings. The molecule has 0 unspecified atom stereocenters. The molecule has 0 saturated carbocycles. The second kappa shape index (κ2) is 5.41. The van der Waals surface area contributed by atoms with Crippen molar-refractivity contribution in [2.45, 2.75) is 19.8 Å². The number of hydrogen-bond donors (Lipinski definition) is 3. The summed E-state index contributed by atoms with van der Waals surface area (Å²) in [7, 11) is -2.04. The lowest BCUT2D eigenvalue weighted by molar-refractivity contribution is 0.289. The van der Waals surface area contributed by atoms with Crippen LogP contribution < -0.4 is 10.5 Å². The summed E-state index contributed by atoms with van der Waals surface area (Å²) in [6.07, 6.45) is 3.08. The molecule has 0 amide bonds. The zero-order valence-corrected chi connectivity index (χ0v) is 12.4. The average Bonchev–Trinajstić information content (AvgIpc) is 2.71. The quantitative estimate of drug-likeness (QED) is 0.539. The second-order valence-electron chi connectivity index (χ2n) is 5.13. The molecule has 9 heteroatoms. The van der Waals surface area contributed by atoms with E-state index in [2.05, 4.69) is 16.7 Å². The summed E-state index contributed by atoms with van der Waals surface area (Å²) < 4.78 is 30.0. The van der Waals surface area contributed by atoms with E-state index in [1.54, 1.807) is 7.05 Å². The van der Waals surface area contributed by atoms with Crippen LogP contribution in [0.2, 0.25) is 0 Å². The third-order valence-electron chi connectivity index (χ3n) is 3.54. The average molecular weight is 300 g/mol. The Morgan fingerprint density at radius 1 is 1.50 bits per heavy atom. The van der Waals surface area contributed by atoms with E-state index in [9.17, 15) is 8.42 Å². The zero-order chi connectivity index (χ0) is 14.9. The third kappa shape index (κ3) is 2.93. The maximum atomic E-state index is 12.3. The number of anilines is 1. The molecule has 8 nitrogen and oxygen atoms in total. The fraction of sp³-hybridized carbons (Fsp3) is 0.636. The third-order valence-corrected chi connectivity index (χ3v) is 5.03. The van der Waals surface area contributed by atoms with Gasteiger partial charge in [-0.2, -0.15) is 17.8 Å². The van der Waals surface area contributed by atoms with E-state index < -0.39 is 10.2 Å². The van der Waals surface area contributed by atoms with Crippen LogP contribution in [0.25, 0.3) is 0 Å². The summed E-state index contributed by atoms with van der Waals surface area (Å²) in [5.41, 5.74) is 5.70. The van der Waals surface area contributed by atoms with Gasteiger partial charge in [0.25, 0.3) is 0 Å². The minimum absolute atomic E-state index is 0.219. The number of nitrogens with two attached hydrogens (primary N) is 1. The van der Waals surface area contributed by atoms with Crippen molar-refractivity contribution in [1.82, 2.24) is 14.1 Å². The Balaban J connectivity index is 2.20. The van der Waals surface area contributed by atoms with Crippen LogP contribution in [-0.4, -0.2) is 41.4 Å². The van der Waals surface area contributed by atoms with Gasteiger partial charge < -0.3 is 5.73 Å². The van der Waals surface area contributed by atoms with Gasteiger partial charge in [-0.1, -0.05) is 6.92 Å². The Morgan fingerprint density at radius 2 is 2.10 bits per heavy atom. The van der Waals surface area contributed by atoms with Crippen molar-refractivity contribution in [3.05, 3.63) is 11.8 Å². The Kier molecular flexibility index (Phi) is 4.00. The lowest BCUT2D eigenvalue weighted by atomic mass is 10.0. The molecule has 0 aliphatic carbocycles. The lowest BCUT2D eigenvalue weighted by Crippen LogP contribution is -2.41. The molecule has 1 aliphatic heterocycles. The first kappa shape index (κ1) is 14.8. The van der Waals surface area contributed by atoms with Crippen LogP contribution >= 0.6 is 0 Å². The molecule has 2 rings (SSSR count). The molecular weight excluding hydrogens is 280 g/mol. The van der Waals surface area contributed by atoms with Crippen molar-refractivity contribution in [3.63, 3.8) is 0 Å². The van der Waals surface area contributed by atoms with Gasteiger partial charge in [-0.25, -0.2) is 0 Å². The van der Waals surface area contributed by atoms with E-state index in [-0.39, 0.29) is 17.2 Å². The normalized spacial score (nSPS) is 18.1. The smallest absolute Gasteiger partial charge is 0.302 e. The van der Waals surface area contributed by atoms with Crippen LogP contribution in [0.15, 0.2) is 6.20 Å². The van der Waals surface area contributed by atoms with Crippen LogP contribution in [-0.2, 0) is 17.3 Å². The molecule has 1 saturated heterocycles. The topological polar surface area (TPSA) is 117 Å². The molecule has 2 heterocycles. The SMILES string of the molecule is CC1CCN(S(=O)(=O)Nc2c(C(=N)N)cnn2C)CC1. The van der Waals surface area contributed by atoms with Gasteiger partial charge in [-0.05, 0) is 18.8 Å². The van der Waals surface area contributed by atoms with Crippen LogP contribution in [0.3, 0.4) is 0 Å². The van der Waals surface area contributed by atoms with Gasteiger partial charge in [0.2, 0.25) is 0 Å². The van der Waals surface area contributed by atoms with Crippen molar-refractivity contribution < 1.29 is 8.42 Å². The summed E-state index contributed by atoms with van der Waals surface area (Å²) >= 11 is 0. The van der Waals surface area contributed by atoms with Crippen molar-refractivity contribution in [2.24, 2.45) is 18.7 Å². The Bertz CT molecular complexity index is 600. The van der Waals surface area contributed by atoms with Gasteiger partial charge in [0.05, 0.1) is 11.8 Å². The molecule has 1 aromatic rings. The van der Waals surface area contributed by atoms with Gasteiger partial charge in [0, 0.05) is 20.1 Å². The number of hydrogen-bond acceptors (Lipinski definition) is 4.